The average molecular weight is 401 g/mol. The second-order valence-corrected chi connectivity index (χ2v) is 7.10. The second kappa shape index (κ2) is 7.07. The van der Waals surface area contributed by atoms with E-state index in [-0.39, 0.29) is 11.6 Å². The standard InChI is InChI=1S/C22H19N5O3/c1-30-16-5-2-13(3-6-16)12-24-22(29)25-15-4-7-17-14(10-15)11-18-19(17)26-21(28)20-23-8-9-27(18)20/h2-10H,11-12H2,1H3,(H,26,28)(H2,24,25,29). The molecule has 2 amide bonds. The van der Waals surface area contributed by atoms with Gasteiger partial charge in [-0.25, -0.2) is 9.78 Å². The van der Waals surface area contributed by atoms with Gasteiger partial charge in [0.25, 0.3) is 5.56 Å². The molecule has 5 rings (SSSR count). The largest absolute Gasteiger partial charge is 0.497 e. The molecular weight excluding hydrogens is 382 g/mol. The summed E-state index contributed by atoms with van der Waals surface area (Å²) < 4.78 is 6.96. The van der Waals surface area contributed by atoms with Gasteiger partial charge in [-0.1, -0.05) is 18.2 Å². The van der Waals surface area contributed by atoms with Gasteiger partial charge in [0, 0.05) is 36.6 Å². The number of carbonyl (C=O) groups is 1. The highest BCUT2D eigenvalue weighted by Gasteiger charge is 2.23. The fourth-order valence-electron chi connectivity index (χ4n) is 3.79. The van der Waals surface area contributed by atoms with Gasteiger partial charge in [0.1, 0.15) is 5.75 Å². The summed E-state index contributed by atoms with van der Waals surface area (Å²) >= 11 is 0. The van der Waals surface area contributed by atoms with E-state index in [9.17, 15) is 9.59 Å². The highest BCUT2D eigenvalue weighted by Crippen LogP contribution is 2.35. The molecule has 0 aliphatic heterocycles. The number of amides is 2. The molecule has 2 aromatic carbocycles. The minimum absolute atomic E-state index is 0.216. The van der Waals surface area contributed by atoms with Gasteiger partial charge in [0.15, 0.2) is 0 Å². The Morgan fingerprint density at radius 3 is 2.87 bits per heavy atom. The summed E-state index contributed by atoms with van der Waals surface area (Å²) in [5, 5.41) is 5.72. The van der Waals surface area contributed by atoms with E-state index in [0.717, 1.165) is 33.8 Å². The van der Waals surface area contributed by atoms with E-state index < -0.39 is 0 Å². The quantitative estimate of drug-likeness (QED) is 0.431. The number of ether oxygens (including phenoxy) is 1. The molecule has 0 fully saturated rings. The molecule has 0 saturated carbocycles. The summed E-state index contributed by atoms with van der Waals surface area (Å²) in [6, 6.07) is 12.9. The number of hydrogen-bond donors (Lipinski definition) is 3. The number of urea groups is 1. The van der Waals surface area contributed by atoms with Crippen LogP contribution in [-0.2, 0) is 13.0 Å². The lowest BCUT2D eigenvalue weighted by Crippen LogP contribution is -2.28. The maximum atomic E-state index is 12.3. The third-order valence-electron chi connectivity index (χ3n) is 5.26. The van der Waals surface area contributed by atoms with E-state index in [1.54, 1.807) is 19.5 Å². The number of rotatable bonds is 4. The lowest BCUT2D eigenvalue weighted by atomic mass is 10.1. The number of H-pyrrole nitrogens is 1. The third kappa shape index (κ3) is 3.08. The Kier molecular flexibility index (Phi) is 4.24. The van der Waals surface area contributed by atoms with E-state index in [2.05, 4.69) is 20.6 Å². The highest BCUT2D eigenvalue weighted by molar-refractivity contribution is 5.90. The SMILES string of the molecule is COc1ccc(CNC(=O)Nc2ccc3c(c2)Cc2c-3[nH]c(=O)c3nccn23)cc1. The summed E-state index contributed by atoms with van der Waals surface area (Å²) in [5.74, 6) is 0.775. The molecule has 150 valence electrons. The van der Waals surface area contributed by atoms with Crippen LogP contribution >= 0.6 is 0 Å². The molecule has 2 aromatic heterocycles. The maximum Gasteiger partial charge on any atom is 0.319 e. The third-order valence-corrected chi connectivity index (χ3v) is 5.26. The summed E-state index contributed by atoms with van der Waals surface area (Å²) in [6.45, 7) is 0.409. The lowest BCUT2D eigenvalue weighted by molar-refractivity contribution is 0.251. The fourth-order valence-corrected chi connectivity index (χ4v) is 3.79. The predicted octanol–water partition coefficient (Wildman–Crippen LogP) is 2.92. The van der Waals surface area contributed by atoms with E-state index >= 15 is 0 Å². The molecule has 4 aromatic rings. The Morgan fingerprint density at radius 2 is 2.07 bits per heavy atom. The van der Waals surface area contributed by atoms with E-state index in [4.69, 9.17) is 4.74 Å². The molecule has 1 aliphatic rings. The smallest absolute Gasteiger partial charge is 0.319 e. The van der Waals surface area contributed by atoms with Gasteiger partial charge in [0.2, 0.25) is 5.65 Å². The van der Waals surface area contributed by atoms with Gasteiger partial charge in [-0.05, 0) is 35.4 Å². The van der Waals surface area contributed by atoms with E-state index in [0.29, 0.717) is 24.3 Å². The summed E-state index contributed by atoms with van der Waals surface area (Å²) in [6.07, 6.45) is 4.06. The number of methoxy groups -OCH3 is 1. The molecule has 8 nitrogen and oxygen atoms in total. The van der Waals surface area contributed by atoms with Crippen molar-refractivity contribution in [2.45, 2.75) is 13.0 Å². The normalized spacial score (nSPS) is 11.8. The van der Waals surface area contributed by atoms with Crippen molar-refractivity contribution in [3.05, 3.63) is 82.0 Å². The van der Waals surface area contributed by atoms with Crippen LogP contribution in [0.5, 0.6) is 5.75 Å². The van der Waals surface area contributed by atoms with Crippen molar-refractivity contribution in [2.24, 2.45) is 0 Å². The number of hydrogen-bond acceptors (Lipinski definition) is 4. The zero-order valence-electron chi connectivity index (χ0n) is 16.2. The molecule has 0 spiro atoms. The fraction of sp³-hybridized carbons (Fsp3) is 0.136. The van der Waals surface area contributed by atoms with Crippen molar-refractivity contribution in [3.63, 3.8) is 0 Å². The van der Waals surface area contributed by atoms with E-state index in [1.165, 1.54) is 0 Å². The van der Waals surface area contributed by atoms with Crippen LogP contribution in [0.4, 0.5) is 10.5 Å². The van der Waals surface area contributed by atoms with Crippen molar-refractivity contribution in [3.8, 4) is 17.0 Å². The minimum atomic E-state index is -0.285. The van der Waals surface area contributed by atoms with Crippen molar-refractivity contribution < 1.29 is 9.53 Å². The Bertz CT molecular complexity index is 1320. The zero-order chi connectivity index (χ0) is 20.7. The average Bonchev–Trinajstić information content (AvgIpc) is 3.38. The summed E-state index contributed by atoms with van der Waals surface area (Å²) in [5.41, 5.74) is 5.62. The van der Waals surface area contributed by atoms with Crippen molar-refractivity contribution in [1.82, 2.24) is 19.7 Å². The second-order valence-electron chi connectivity index (χ2n) is 7.10. The Hall–Kier alpha value is -4.07. The van der Waals surface area contributed by atoms with Crippen molar-refractivity contribution in [1.29, 1.82) is 0 Å². The summed E-state index contributed by atoms with van der Waals surface area (Å²) in [4.78, 5) is 31.6. The Labute approximate surface area is 171 Å². The number of nitrogens with zero attached hydrogens (tertiary/aromatic N) is 2. The number of carbonyl (C=O) groups excluding carboxylic acids is 1. The van der Waals surface area contributed by atoms with Crippen LogP contribution in [0, 0.1) is 0 Å². The first-order valence-corrected chi connectivity index (χ1v) is 9.51. The maximum absolute atomic E-state index is 12.3. The highest BCUT2D eigenvalue weighted by atomic mass is 16.5. The number of aromatic nitrogens is 3. The number of imidazole rings is 1. The number of aromatic amines is 1. The molecule has 0 bridgehead atoms. The van der Waals surface area contributed by atoms with E-state index in [1.807, 2.05) is 46.9 Å². The number of nitrogens with one attached hydrogen (secondary N) is 3. The van der Waals surface area contributed by atoms with Crippen LogP contribution in [0.15, 0.2) is 59.7 Å². The number of fused-ring (bicyclic) bond motifs is 5. The van der Waals surface area contributed by atoms with Crippen molar-refractivity contribution in [2.75, 3.05) is 12.4 Å². The van der Waals surface area contributed by atoms with Gasteiger partial charge < -0.3 is 20.4 Å². The molecule has 0 radical (unpaired) electrons. The van der Waals surface area contributed by atoms with Crippen LogP contribution in [0.3, 0.4) is 0 Å². The monoisotopic (exact) mass is 401 g/mol. The van der Waals surface area contributed by atoms with Crippen LogP contribution in [0.1, 0.15) is 16.8 Å². The van der Waals surface area contributed by atoms with Gasteiger partial charge in [-0.2, -0.15) is 0 Å². The van der Waals surface area contributed by atoms with Crippen molar-refractivity contribution >= 4 is 17.4 Å². The molecule has 0 unspecified atom stereocenters. The van der Waals surface area contributed by atoms with Gasteiger partial charge in [0.05, 0.1) is 18.5 Å². The van der Waals surface area contributed by atoms with Gasteiger partial charge >= 0.3 is 6.03 Å². The molecule has 3 N–H and O–H groups in total. The summed E-state index contributed by atoms with van der Waals surface area (Å²) in [7, 11) is 1.62. The molecule has 1 aliphatic carbocycles. The first-order valence-electron chi connectivity index (χ1n) is 9.51. The first-order chi connectivity index (χ1) is 14.6. The van der Waals surface area contributed by atoms with Crippen LogP contribution in [0.2, 0.25) is 0 Å². The Morgan fingerprint density at radius 1 is 1.23 bits per heavy atom. The lowest BCUT2D eigenvalue weighted by Gasteiger charge is -2.09. The molecule has 2 heterocycles. The minimum Gasteiger partial charge on any atom is -0.497 e. The number of anilines is 1. The Balaban J connectivity index is 1.30. The molecule has 0 saturated heterocycles. The van der Waals surface area contributed by atoms with Crippen LogP contribution < -0.4 is 20.9 Å². The molecule has 0 atom stereocenters. The van der Waals surface area contributed by atoms with Crippen LogP contribution in [0.25, 0.3) is 16.9 Å². The predicted molar refractivity (Wildman–Crippen MR) is 113 cm³/mol. The van der Waals surface area contributed by atoms with Gasteiger partial charge in [-0.15, -0.1) is 0 Å². The molecule has 30 heavy (non-hydrogen) atoms. The first kappa shape index (κ1) is 18.0. The zero-order valence-corrected chi connectivity index (χ0v) is 16.2. The van der Waals surface area contributed by atoms with Gasteiger partial charge in [-0.3, -0.25) is 9.20 Å². The topological polar surface area (TPSA) is 101 Å². The van der Waals surface area contributed by atoms with Crippen LogP contribution in [-0.4, -0.2) is 27.5 Å². The molecule has 8 heteroatoms. The number of benzene rings is 2. The molecular formula is C22H19N5O3.